The van der Waals surface area contributed by atoms with Crippen LogP contribution in [0.25, 0.3) is 10.9 Å². The number of nitrogens with one attached hydrogen (secondary N) is 4. The molecule has 1 fully saturated rings. The number of aromatic amines is 1. The fraction of sp³-hybridized carbons (Fsp3) is 0.419. The normalized spacial score (nSPS) is 18.3. The maximum atomic E-state index is 13.6. The lowest BCUT2D eigenvalue weighted by Crippen LogP contribution is -2.57. The molecule has 4 atom stereocenters. The molecule has 10 heteroatoms. The van der Waals surface area contributed by atoms with E-state index in [9.17, 15) is 19.2 Å². The number of epoxide rings is 1. The second-order valence-electron chi connectivity index (χ2n) is 11.1. The van der Waals surface area contributed by atoms with Crippen molar-refractivity contribution in [3.8, 4) is 0 Å². The van der Waals surface area contributed by atoms with Crippen LogP contribution in [0.15, 0.2) is 60.8 Å². The van der Waals surface area contributed by atoms with Gasteiger partial charge in [0, 0.05) is 23.5 Å². The summed E-state index contributed by atoms with van der Waals surface area (Å²) in [7, 11) is 0. The second-order valence-corrected chi connectivity index (χ2v) is 11.1. The van der Waals surface area contributed by atoms with Crippen LogP contribution >= 0.6 is 0 Å². The van der Waals surface area contributed by atoms with E-state index in [4.69, 9.17) is 9.47 Å². The number of carbonyl (C=O) groups excluding carboxylic acids is 4. The molecular weight excluding hydrogens is 524 g/mol. The molecule has 1 aromatic heterocycles. The Morgan fingerprint density at radius 3 is 2.27 bits per heavy atom. The topological polar surface area (TPSA) is 142 Å². The summed E-state index contributed by atoms with van der Waals surface area (Å²) in [5.41, 5.74) is 1.64. The van der Waals surface area contributed by atoms with Crippen molar-refractivity contribution in [1.82, 2.24) is 20.9 Å². The number of fused-ring (bicyclic) bond motifs is 1. The molecule has 3 unspecified atom stereocenters. The van der Waals surface area contributed by atoms with E-state index in [1.165, 1.54) is 6.92 Å². The van der Waals surface area contributed by atoms with Gasteiger partial charge in [-0.1, -0.05) is 62.4 Å². The monoisotopic (exact) mass is 562 g/mol. The molecular formula is C31H38N4O6. The highest BCUT2D eigenvalue weighted by atomic mass is 16.6. The number of alkyl carbamates (subject to hydrolysis) is 1. The zero-order valence-electron chi connectivity index (χ0n) is 23.9. The summed E-state index contributed by atoms with van der Waals surface area (Å²) >= 11 is 0. The number of rotatable bonds is 13. The number of ketones is 1. The standard InChI is InChI=1S/C31H38N4O6/c1-19(2)14-25(27(36)31(4)18-41-31)34-29(38)26(15-22-16-32-24-13-9-8-12-23(22)24)35-28(37)20(3)33-30(39)40-17-21-10-6-5-7-11-21/h5-13,16,19-20,25-26,32H,14-15,17-18H2,1-4H3,(H,33,39)(H,34,38)(H,35,37)/t20?,25?,26-,31?/m0/s1. The van der Waals surface area contributed by atoms with Crippen LogP contribution in [0.2, 0.25) is 0 Å². The lowest BCUT2D eigenvalue weighted by molar-refractivity contribution is -0.133. The van der Waals surface area contributed by atoms with Crippen molar-refractivity contribution in [1.29, 1.82) is 0 Å². The highest BCUT2D eigenvalue weighted by Crippen LogP contribution is 2.30. The predicted molar refractivity (Wildman–Crippen MR) is 154 cm³/mol. The van der Waals surface area contributed by atoms with Gasteiger partial charge in [-0.3, -0.25) is 14.4 Å². The first-order valence-electron chi connectivity index (χ1n) is 13.9. The molecule has 0 spiro atoms. The third-order valence-corrected chi connectivity index (χ3v) is 7.11. The zero-order valence-corrected chi connectivity index (χ0v) is 23.9. The number of H-pyrrole nitrogens is 1. The van der Waals surface area contributed by atoms with Gasteiger partial charge in [0.2, 0.25) is 11.8 Å². The number of amides is 3. The molecule has 218 valence electrons. The number of benzene rings is 2. The second kappa shape index (κ2) is 13.0. The van der Waals surface area contributed by atoms with Gasteiger partial charge in [-0.05, 0) is 43.4 Å². The summed E-state index contributed by atoms with van der Waals surface area (Å²) in [5, 5.41) is 9.08. The highest BCUT2D eigenvalue weighted by Gasteiger charge is 2.50. The van der Waals surface area contributed by atoms with Crippen LogP contribution in [0.3, 0.4) is 0 Å². The number of aromatic nitrogens is 1. The molecule has 1 aliphatic heterocycles. The average Bonchev–Trinajstić information content (AvgIpc) is 3.58. The van der Waals surface area contributed by atoms with Gasteiger partial charge in [0.25, 0.3) is 0 Å². The third kappa shape index (κ3) is 7.94. The third-order valence-electron chi connectivity index (χ3n) is 7.11. The SMILES string of the molecule is CC(C)CC(NC(=O)[C@H](Cc1c[nH]c2ccccc12)NC(=O)C(C)NC(=O)OCc1ccccc1)C(=O)C1(C)CO1. The molecule has 41 heavy (non-hydrogen) atoms. The molecule has 1 saturated heterocycles. The van der Waals surface area contributed by atoms with Gasteiger partial charge in [-0.2, -0.15) is 0 Å². The van der Waals surface area contributed by atoms with E-state index in [-0.39, 0.29) is 24.7 Å². The summed E-state index contributed by atoms with van der Waals surface area (Å²) in [6.45, 7) is 7.53. The van der Waals surface area contributed by atoms with Crippen molar-refractivity contribution in [2.75, 3.05) is 6.61 Å². The van der Waals surface area contributed by atoms with Crippen LogP contribution in [-0.2, 0) is 36.9 Å². The zero-order chi connectivity index (χ0) is 29.6. The van der Waals surface area contributed by atoms with E-state index in [1.807, 2.05) is 68.4 Å². The predicted octanol–water partition coefficient (Wildman–Crippen LogP) is 3.40. The van der Waals surface area contributed by atoms with Crippen LogP contribution < -0.4 is 16.0 Å². The van der Waals surface area contributed by atoms with Gasteiger partial charge in [0.15, 0.2) is 5.78 Å². The lowest BCUT2D eigenvalue weighted by Gasteiger charge is -2.26. The molecule has 1 aliphatic rings. The van der Waals surface area contributed by atoms with Gasteiger partial charge in [-0.25, -0.2) is 4.79 Å². The van der Waals surface area contributed by atoms with Crippen LogP contribution in [-0.4, -0.2) is 59.0 Å². The molecule has 0 radical (unpaired) electrons. The number of hydrogen-bond acceptors (Lipinski definition) is 6. The minimum atomic E-state index is -1.01. The fourth-order valence-corrected chi connectivity index (χ4v) is 4.63. The van der Waals surface area contributed by atoms with Crippen LogP contribution in [0.4, 0.5) is 4.79 Å². The molecule has 10 nitrogen and oxygen atoms in total. The first-order chi connectivity index (χ1) is 19.6. The van der Waals surface area contributed by atoms with Crippen molar-refractivity contribution >= 4 is 34.6 Å². The lowest BCUT2D eigenvalue weighted by atomic mass is 9.93. The quantitative estimate of drug-likeness (QED) is 0.235. The van der Waals surface area contributed by atoms with E-state index in [1.54, 1.807) is 13.1 Å². The average molecular weight is 563 g/mol. The number of ether oxygens (including phenoxy) is 2. The highest BCUT2D eigenvalue weighted by molar-refractivity contribution is 5.98. The van der Waals surface area contributed by atoms with Gasteiger partial charge in [0.1, 0.15) is 24.3 Å². The molecule has 0 saturated carbocycles. The maximum absolute atomic E-state index is 13.6. The van der Waals surface area contributed by atoms with E-state index in [0.717, 1.165) is 22.0 Å². The minimum absolute atomic E-state index is 0.0561. The summed E-state index contributed by atoms with van der Waals surface area (Å²) in [6, 6.07) is 14.1. The van der Waals surface area contributed by atoms with Gasteiger partial charge in [-0.15, -0.1) is 0 Å². The number of Topliss-reactive ketones (excluding diaryl/α,β-unsaturated/α-hetero) is 1. The Kier molecular flexibility index (Phi) is 9.44. The molecule has 2 aromatic carbocycles. The molecule has 0 aliphatic carbocycles. The fourth-order valence-electron chi connectivity index (χ4n) is 4.63. The summed E-state index contributed by atoms with van der Waals surface area (Å²) < 4.78 is 10.6. The maximum Gasteiger partial charge on any atom is 0.408 e. The molecule has 3 aromatic rings. The largest absolute Gasteiger partial charge is 0.445 e. The summed E-state index contributed by atoms with van der Waals surface area (Å²) in [5.74, 6) is -1.11. The molecule has 2 heterocycles. The Morgan fingerprint density at radius 2 is 1.59 bits per heavy atom. The van der Waals surface area contributed by atoms with Crippen LogP contribution in [0.5, 0.6) is 0 Å². The Labute approximate surface area is 239 Å². The molecule has 0 bridgehead atoms. The first kappa shape index (κ1) is 29.8. The Bertz CT molecular complexity index is 1380. The van der Waals surface area contributed by atoms with Gasteiger partial charge in [0.05, 0.1) is 12.6 Å². The van der Waals surface area contributed by atoms with E-state index in [0.29, 0.717) is 13.0 Å². The number of carbonyl (C=O) groups is 4. The Balaban J connectivity index is 1.46. The van der Waals surface area contributed by atoms with Crippen molar-refractivity contribution in [2.45, 2.75) is 70.9 Å². The molecule has 4 N–H and O–H groups in total. The molecule has 4 rings (SSSR count). The van der Waals surface area contributed by atoms with E-state index >= 15 is 0 Å². The summed E-state index contributed by atoms with van der Waals surface area (Å²) in [4.78, 5) is 55.5. The smallest absolute Gasteiger partial charge is 0.408 e. The van der Waals surface area contributed by atoms with Crippen molar-refractivity contribution < 1.29 is 28.7 Å². The Morgan fingerprint density at radius 1 is 0.927 bits per heavy atom. The van der Waals surface area contributed by atoms with Crippen LogP contribution in [0, 0.1) is 5.92 Å². The number of para-hydroxylation sites is 1. The first-order valence-corrected chi connectivity index (χ1v) is 13.9. The van der Waals surface area contributed by atoms with Crippen molar-refractivity contribution in [3.05, 3.63) is 71.9 Å². The van der Waals surface area contributed by atoms with Crippen molar-refractivity contribution in [2.24, 2.45) is 5.92 Å². The number of hydrogen-bond donors (Lipinski definition) is 4. The van der Waals surface area contributed by atoms with Gasteiger partial charge < -0.3 is 30.4 Å². The van der Waals surface area contributed by atoms with Gasteiger partial charge >= 0.3 is 6.09 Å². The van der Waals surface area contributed by atoms with E-state index < -0.39 is 41.6 Å². The van der Waals surface area contributed by atoms with Crippen LogP contribution in [0.1, 0.15) is 45.2 Å². The van der Waals surface area contributed by atoms with E-state index in [2.05, 4.69) is 20.9 Å². The Hall–Kier alpha value is -4.18. The minimum Gasteiger partial charge on any atom is -0.445 e. The summed E-state index contributed by atoms with van der Waals surface area (Å²) in [6.07, 6.45) is 1.65. The van der Waals surface area contributed by atoms with Crippen molar-refractivity contribution in [3.63, 3.8) is 0 Å². The molecule has 3 amide bonds.